The fraction of sp³-hybridized carbons (Fsp3) is 0.571. The maximum Gasteiger partial charge on any atom is 0.150 e. The largest absolute Gasteiger partial charge is 0.494 e. The summed E-state index contributed by atoms with van der Waals surface area (Å²) < 4.78 is 5.73. The van der Waals surface area contributed by atoms with Gasteiger partial charge in [0.1, 0.15) is 13.1 Å². The average Bonchev–Trinajstić information content (AvgIpc) is 2.21. The molecule has 0 radical (unpaired) electrons. The van der Waals surface area contributed by atoms with Crippen LogP contribution >= 0.6 is 11.1 Å². The molecular formula is C14H23ClOSi. The van der Waals surface area contributed by atoms with Gasteiger partial charge in [0.05, 0.1) is 6.61 Å². The fourth-order valence-corrected chi connectivity index (χ4v) is 3.13. The minimum atomic E-state index is -1.39. The van der Waals surface area contributed by atoms with Crippen molar-refractivity contribution in [1.29, 1.82) is 0 Å². The third-order valence-electron chi connectivity index (χ3n) is 2.91. The summed E-state index contributed by atoms with van der Waals surface area (Å²) in [5.74, 6) is 0.982. The van der Waals surface area contributed by atoms with Crippen molar-refractivity contribution >= 4 is 18.5 Å². The Bertz CT molecular complexity index is 358. The Kier molecular flexibility index (Phi) is 5.54. The molecule has 0 heterocycles. The van der Waals surface area contributed by atoms with Crippen LogP contribution in [0.3, 0.4) is 0 Å². The quantitative estimate of drug-likeness (QED) is 0.406. The Hall–Kier alpha value is -0.473. The van der Waals surface area contributed by atoms with E-state index < -0.39 is 7.38 Å². The molecule has 0 fully saturated rings. The number of hydrogen-bond donors (Lipinski definition) is 0. The van der Waals surface area contributed by atoms with Crippen LogP contribution in [0.15, 0.2) is 18.2 Å². The first-order chi connectivity index (χ1) is 7.88. The smallest absolute Gasteiger partial charge is 0.150 e. The van der Waals surface area contributed by atoms with E-state index in [1.807, 2.05) is 6.07 Å². The van der Waals surface area contributed by atoms with Crippen LogP contribution in [-0.2, 0) is 0 Å². The van der Waals surface area contributed by atoms with E-state index in [2.05, 4.69) is 39.1 Å². The van der Waals surface area contributed by atoms with Crippen molar-refractivity contribution in [3.8, 4) is 5.75 Å². The Balaban J connectivity index is 2.25. The minimum Gasteiger partial charge on any atom is -0.494 e. The van der Waals surface area contributed by atoms with E-state index in [0.717, 1.165) is 18.8 Å². The van der Waals surface area contributed by atoms with E-state index >= 15 is 0 Å². The van der Waals surface area contributed by atoms with E-state index in [4.69, 9.17) is 15.8 Å². The summed E-state index contributed by atoms with van der Waals surface area (Å²) in [5, 5.41) is 0. The number of unbranched alkanes of at least 4 members (excludes halogenated alkanes) is 1. The highest BCUT2D eigenvalue weighted by Gasteiger charge is 2.15. The van der Waals surface area contributed by atoms with Crippen LogP contribution in [0.1, 0.15) is 24.0 Å². The summed E-state index contributed by atoms with van der Waals surface area (Å²) in [7, 11) is -1.39. The number of aryl methyl sites for hydroxylation is 2. The molecule has 0 amide bonds. The van der Waals surface area contributed by atoms with Gasteiger partial charge in [-0.2, -0.15) is 11.1 Å². The Morgan fingerprint density at radius 2 is 1.82 bits per heavy atom. The number of rotatable bonds is 6. The molecule has 0 spiro atoms. The van der Waals surface area contributed by atoms with E-state index in [0.29, 0.717) is 0 Å². The highest BCUT2D eigenvalue weighted by molar-refractivity contribution is 7.19. The summed E-state index contributed by atoms with van der Waals surface area (Å²) in [4.78, 5) is 0. The van der Waals surface area contributed by atoms with Gasteiger partial charge in [0, 0.05) is 0 Å². The van der Waals surface area contributed by atoms with Gasteiger partial charge in [-0.1, -0.05) is 25.6 Å². The second-order valence-electron chi connectivity index (χ2n) is 5.27. The van der Waals surface area contributed by atoms with Crippen molar-refractivity contribution in [1.82, 2.24) is 0 Å². The summed E-state index contributed by atoms with van der Waals surface area (Å²) in [6, 6.07) is 7.43. The van der Waals surface area contributed by atoms with Gasteiger partial charge >= 0.3 is 0 Å². The molecule has 0 aliphatic carbocycles. The lowest BCUT2D eigenvalue weighted by Gasteiger charge is -2.12. The fourth-order valence-electron chi connectivity index (χ4n) is 1.64. The molecule has 0 saturated carbocycles. The van der Waals surface area contributed by atoms with Gasteiger partial charge in [0.2, 0.25) is 0 Å². The second kappa shape index (κ2) is 6.46. The summed E-state index contributed by atoms with van der Waals surface area (Å²) >= 11 is 6.27. The highest BCUT2D eigenvalue weighted by atomic mass is 35.6. The molecule has 0 atom stereocenters. The third-order valence-corrected chi connectivity index (χ3v) is 5.02. The molecule has 0 unspecified atom stereocenters. The normalized spacial score (nSPS) is 11.6. The first-order valence-electron chi connectivity index (χ1n) is 6.27. The van der Waals surface area contributed by atoms with Gasteiger partial charge in [-0.15, -0.1) is 0 Å². The summed E-state index contributed by atoms with van der Waals surface area (Å²) in [5.41, 5.74) is 2.60. The maximum absolute atomic E-state index is 6.27. The Morgan fingerprint density at radius 1 is 1.12 bits per heavy atom. The molecule has 0 aliphatic rings. The van der Waals surface area contributed by atoms with Crippen molar-refractivity contribution in [3.63, 3.8) is 0 Å². The van der Waals surface area contributed by atoms with Crippen LogP contribution in [0.4, 0.5) is 0 Å². The first-order valence-corrected chi connectivity index (χ1v) is 10.5. The third kappa shape index (κ3) is 6.13. The van der Waals surface area contributed by atoms with E-state index in [1.165, 1.54) is 23.6 Å². The zero-order chi connectivity index (χ0) is 12.9. The monoisotopic (exact) mass is 270 g/mol. The number of hydrogen-bond acceptors (Lipinski definition) is 1. The SMILES string of the molecule is Cc1ccc(OCCCC[Si](C)(C)Cl)cc1C. The lowest BCUT2D eigenvalue weighted by molar-refractivity contribution is 0.309. The molecule has 0 saturated heterocycles. The molecule has 96 valence electrons. The van der Waals surface area contributed by atoms with Gasteiger partial charge in [-0.05, 0) is 49.6 Å². The van der Waals surface area contributed by atoms with Crippen LogP contribution in [-0.4, -0.2) is 14.0 Å². The van der Waals surface area contributed by atoms with Crippen molar-refractivity contribution in [3.05, 3.63) is 29.3 Å². The van der Waals surface area contributed by atoms with Crippen LogP contribution in [0.2, 0.25) is 19.1 Å². The van der Waals surface area contributed by atoms with Crippen molar-refractivity contribution < 1.29 is 4.74 Å². The molecule has 0 aliphatic heterocycles. The van der Waals surface area contributed by atoms with Gasteiger partial charge in [0.25, 0.3) is 0 Å². The summed E-state index contributed by atoms with van der Waals surface area (Å²) in [6.07, 6.45) is 2.27. The Morgan fingerprint density at radius 3 is 2.41 bits per heavy atom. The molecule has 0 bridgehead atoms. The van der Waals surface area contributed by atoms with E-state index in [-0.39, 0.29) is 0 Å². The Labute approximate surface area is 111 Å². The number of ether oxygens (including phenoxy) is 1. The van der Waals surface area contributed by atoms with Crippen molar-refractivity contribution in [2.75, 3.05) is 6.61 Å². The predicted octanol–water partition coefficient (Wildman–Crippen LogP) is 4.91. The molecule has 17 heavy (non-hydrogen) atoms. The first kappa shape index (κ1) is 14.6. The minimum absolute atomic E-state index is 0.796. The molecule has 0 aromatic heterocycles. The van der Waals surface area contributed by atoms with Gasteiger partial charge < -0.3 is 4.74 Å². The number of halogens is 1. The van der Waals surface area contributed by atoms with Crippen molar-refractivity contribution in [2.24, 2.45) is 0 Å². The predicted molar refractivity (Wildman–Crippen MR) is 78.8 cm³/mol. The highest BCUT2D eigenvalue weighted by Crippen LogP contribution is 2.19. The standard InChI is InChI=1S/C14H23ClOSi/c1-12-7-8-14(11-13(12)2)16-9-5-6-10-17(3,4)15/h7-8,11H,5-6,9-10H2,1-4H3. The van der Waals surface area contributed by atoms with Gasteiger partial charge in [-0.25, -0.2) is 0 Å². The molecule has 1 aromatic carbocycles. The molecule has 1 aromatic rings. The van der Waals surface area contributed by atoms with Crippen LogP contribution < -0.4 is 4.74 Å². The molecule has 1 rings (SSSR count). The van der Waals surface area contributed by atoms with Gasteiger partial charge in [0.15, 0.2) is 0 Å². The molecule has 1 nitrogen and oxygen atoms in total. The van der Waals surface area contributed by atoms with Crippen LogP contribution in [0.5, 0.6) is 5.75 Å². The average molecular weight is 271 g/mol. The molecular weight excluding hydrogens is 248 g/mol. The lowest BCUT2D eigenvalue weighted by Crippen LogP contribution is -2.15. The van der Waals surface area contributed by atoms with Crippen LogP contribution in [0.25, 0.3) is 0 Å². The lowest BCUT2D eigenvalue weighted by atomic mass is 10.1. The van der Waals surface area contributed by atoms with E-state index in [9.17, 15) is 0 Å². The van der Waals surface area contributed by atoms with Gasteiger partial charge in [-0.3, -0.25) is 0 Å². The summed E-state index contributed by atoms with van der Waals surface area (Å²) in [6.45, 7) is 9.41. The molecule has 0 N–H and O–H groups in total. The number of benzene rings is 1. The second-order valence-corrected chi connectivity index (χ2v) is 12.3. The van der Waals surface area contributed by atoms with Crippen LogP contribution in [0, 0.1) is 13.8 Å². The zero-order valence-corrected chi connectivity index (χ0v) is 13.1. The zero-order valence-electron chi connectivity index (χ0n) is 11.3. The topological polar surface area (TPSA) is 9.23 Å². The van der Waals surface area contributed by atoms with Crippen molar-refractivity contribution in [2.45, 2.75) is 45.8 Å². The van der Waals surface area contributed by atoms with E-state index in [1.54, 1.807) is 0 Å². The molecule has 3 heteroatoms. The maximum atomic E-state index is 6.27.